The summed E-state index contributed by atoms with van der Waals surface area (Å²) in [5.41, 5.74) is 10.6. The molecule has 3 N–H and O–H groups in total. The molecular weight excluding hydrogens is 330 g/mol. The number of methoxy groups -OCH3 is 3. The van der Waals surface area contributed by atoms with Gasteiger partial charge in [0, 0.05) is 17.5 Å². The van der Waals surface area contributed by atoms with Crippen LogP contribution in [0.1, 0.15) is 36.1 Å². The Morgan fingerprint density at radius 1 is 1.00 bits per heavy atom. The fraction of sp³-hybridized carbons (Fsp3) is 0.400. The molecule has 1 aromatic carbocycles. The second-order valence-electron chi connectivity index (χ2n) is 6.33. The number of hydrogen-bond donors (Lipinski definition) is 1. The number of aromatic nitrogens is 1. The Labute approximate surface area is 153 Å². The van der Waals surface area contributed by atoms with Gasteiger partial charge < -0.3 is 14.2 Å². The SMILES string of the molecule is COc1cc(-c2c(C#N)c(N)[nH+]c3c2CCCCC3)cc(OC)c1OC. The average Bonchev–Trinajstić information content (AvgIpc) is 2.90. The maximum Gasteiger partial charge on any atom is 0.289 e. The molecule has 1 aliphatic rings. The highest BCUT2D eigenvalue weighted by Crippen LogP contribution is 2.43. The van der Waals surface area contributed by atoms with Crippen molar-refractivity contribution >= 4 is 5.82 Å². The zero-order valence-electron chi connectivity index (χ0n) is 15.4. The Hall–Kier alpha value is -2.94. The maximum absolute atomic E-state index is 9.75. The number of nitriles is 1. The molecule has 0 fully saturated rings. The van der Waals surface area contributed by atoms with E-state index in [-0.39, 0.29) is 0 Å². The van der Waals surface area contributed by atoms with Gasteiger partial charge >= 0.3 is 0 Å². The van der Waals surface area contributed by atoms with Gasteiger partial charge in [0.15, 0.2) is 11.5 Å². The van der Waals surface area contributed by atoms with Gasteiger partial charge in [0.05, 0.1) is 21.3 Å². The van der Waals surface area contributed by atoms with Crippen molar-refractivity contribution in [3.05, 3.63) is 29.0 Å². The Morgan fingerprint density at radius 3 is 2.23 bits per heavy atom. The largest absolute Gasteiger partial charge is 0.493 e. The fourth-order valence-corrected chi connectivity index (χ4v) is 3.67. The summed E-state index contributed by atoms with van der Waals surface area (Å²) in [6.45, 7) is 0. The lowest BCUT2D eigenvalue weighted by Gasteiger charge is -2.17. The van der Waals surface area contributed by atoms with E-state index in [1.54, 1.807) is 21.3 Å². The van der Waals surface area contributed by atoms with Crippen LogP contribution < -0.4 is 24.9 Å². The Balaban J connectivity index is 2.33. The molecule has 136 valence electrons. The van der Waals surface area contributed by atoms with Crippen LogP contribution in [-0.4, -0.2) is 21.3 Å². The van der Waals surface area contributed by atoms with Crippen molar-refractivity contribution in [2.45, 2.75) is 32.1 Å². The number of pyridine rings is 1. The molecule has 0 saturated heterocycles. The third-order valence-electron chi connectivity index (χ3n) is 4.89. The molecule has 1 aliphatic carbocycles. The van der Waals surface area contributed by atoms with Crippen molar-refractivity contribution in [2.75, 3.05) is 27.1 Å². The first kappa shape index (κ1) is 17.9. The van der Waals surface area contributed by atoms with Crippen molar-refractivity contribution in [3.8, 4) is 34.4 Å². The van der Waals surface area contributed by atoms with Crippen molar-refractivity contribution in [2.24, 2.45) is 0 Å². The highest BCUT2D eigenvalue weighted by atomic mass is 16.5. The first-order chi connectivity index (χ1) is 12.6. The molecule has 0 spiro atoms. The predicted octanol–water partition coefficient (Wildman–Crippen LogP) is 2.92. The van der Waals surface area contributed by atoms with E-state index in [4.69, 9.17) is 19.9 Å². The molecule has 3 rings (SSSR count). The highest BCUT2D eigenvalue weighted by molar-refractivity contribution is 5.80. The van der Waals surface area contributed by atoms with E-state index < -0.39 is 0 Å². The van der Waals surface area contributed by atoms with Crippen LogP contribution in [0, 0.1) is 11.3 Å². The number of nitrogen functional groups attached to an aromatic ring is 1. The molecule has 26 heavy (non-hydrogen) atoms. The monoisotopic (exact) mass is 354 g/mol. The van der Waals surface area contributed by atoms with Gasteiger partial charge in [-0.15, -0.1) is 0 Å². The molecule has 0 amide bonds. The minimum atomic E-state index is 0.400. The second kappa shape index (κ2) is 7.52. The molecule has 2 aromatic rings. The van der Waals surface area contributed by atoms with Crippen LogP contribution in [0.5, 0.6) is 17.2 Å². The van der Waals surface area contributed by atoms with E-state index in [0.29, 0.717) is 28.6 Å². The van der Waals surface area contributed by atoms with E-state index in [0.717, 1.165) is 48.1 Å². The number of rotatable bonds is 4. The van der Waals surface area contributed by atoms with Crippen LogP contribution in [0.3, 0.4) is 0 Å². The smallest absolute Gasteiger partial charge is 0.289 e. The van der Waals surface area contributed by atoms with Crippen LogP contribution in [-0.2, 0) is 12.8 Å². The van der Waals surface area contributed by atoms with E-state index in [1.807, 2.05) is 12.1 Å². The summed E-state index contributed by atoms with van der Waals surface area (Å²) < 4.78 is 16.4. The number of nitrogens with zero attached hydrogens (tertiary/aromatic N) is 1. The second-order valence-corrected chi connectivity index (χ2v) is 6.33. The number of fused-ring (bicyclic) bond motifs is 1. The summed E-state index contributed by atoms with van der Waals surface area (Å²) in [5.74, 6) is 2.04. The van der Waals surface area contributed by atoms with Crippen LogP contribution in [0.2, 0.25) is 0 Å². The zero-order chi connectivity index (χ0) is 18.7. The molecule has 1 aromatic heterocycles. The lowest BCUT2D eigenvalue weighted by molar-refractivity contribution is -0.373. The van der Waals surface area contributed by atoms with Crippen LogP contribution in [0.4, 0.5) is 5.82 Å². The van der Waals surface area contributed by atoms with Gasteiger partial charge in [-0.2, -0.15) is 5.26 Å². The highest BCUT2D eigenvalue weighted by Gasteiger charge is 2.26. The van der Waals surface area contributed by atoms with Gasteiger partial charge in [0.25, 0.3) is 5.82 Å². The first-order valence-electron chi connectivity index (χ1n) is 8.71. The topological polar surface area (TPSA) is 91.6 Å². The summed E-state index contributed by atoms with van der Waals surface area (Å²) in [6.07, 6.45) is 5.21. The van der Waals surface area contributed by atoms with E-state index in [1.165, 1.54) is 6.42 Å². The molecule has 1 heterocycles. The number of H-pyrrole nitrogens is 1. The summed E-state index contributed by atoms with van der Waals surface area (Å²) in [6, 6.07) is 6.02. The number of nitrogens with two attached hydrogens (primary N) is 1. The molecule has 0 aliphatic heterocycles. The summed E-state index contributed by atoms with van der Waals surface area (Å²) >= 11 is 0. The summed E-state index contributed by atoms with van der Waals surface area (Å²) in [7, 11) is 4.74. The number of nitrogens with one attached hydrogen (secondary N) is 1. The van der Waals surface area contributed by atoms with Crippen molar-refractivity contribution < 1.29 is 19.2 Å². The third-order valence-corrected chi connectivity index (χ3v) is 4.89. The molecule has 0 bridgehead atoms. The van der Waals surface area contributed by atoms with Gasteiger partial charge in [-0.3, -0.25) is 5.73 Å². The summed E-state index contributed by atoms with van der Waals surface area (Å²) in [5, 5.41) is 9.75. The molecule has 6 heteroatoms. The van der Waals surface area contributed by atoms with E-state index in [2.05, 4.69) is 11.1 Å². The molecule has 0 saturated carbocycles. The van der Waals surface area contributed by atoms with E-state index >= 15 is 0 Å². The van der Waals surface area contributed by atoms with Crippen LogP contribution in [0.25, 0.3) is 11.1 Å². The number of ether oxygens (including phenoxy) is 3. The molecular formula is C20H24N3O3+. The number of aryl methyl sites for hydroxylation is 1. The van der Waals surface area contributed by atoms with Crippen LogP contribution in [0.15, 0.2) is 12.1 Å². The molecule has 0 atom stereocenters. The number of benzene rings is 1. The van der Waals surface area contributed by atoms with Crippen molar-refractivity contribution in [1.82, 2.24) is 0 Å². The average molecular weight is 354 g/mol. The lowest BCUT2D eigenvalue weighted by atomic mass is 9.91. The Bertz CT molecular complexity index is 847. The normalized spacial score (nSPS) is 13.3. The third kappa shape index (κ3) is 3.01. The first-order valence-corrected chi connectivity index (χ1v) is 8.71. The quantitative estimate of drug-likeness (QED) is 0.852. The number of anilines is 1. The Kier molecular flexibility index (Phi) is 5.17. The molecule has 0 unspecified atom stereocenters. The van der Waals surface area contributed by atoms with Gasteiger partial charge in [-0.1, -0.05) is 6.42 Å². The van der Waals surface area contributed by atoms with E-state index in [9.17, 15) is 5.26 Å². The van der Waals surface area contributed by atoms with Gasteiger partial charge in [-0.05, 0) is 37.0 Å². The van der Waals surface area contributed by atoms with Gasteiger partial charge in [0.2, 0.25) is 5.75 Å². The van der Waals surface area contributed by atoms with Crippen molar-refractivity contribution in [1.29, 1.82) is 5.26 Å². The number of aromatic amines is 1. The minimum Gasteiger partial charge on any atom is -0.493 e. The maximum atomic E-state index is 9.75. The molecule has 6 nitrogen and oxygen atoms in total. The predicted molar refractivity (Wildman–Crippen MR) is 98.5 cm³/mol. The zero-order valence-corrected chi connectivity index (χ0v) is 15.4. The fourth-order valence-electron chi connectivity index (χ4n) is 3.67. The van der Waals surface area contributed by atoms with Gasteiger partial charge in [-0.25, -0.2) is 4.98 Å². The van der Waals surface area contributed by atoms with Crippen LogP contribution >= 0.6 is 0 Å². The lowest BCUT2D eigenvalue weighted by Crippen LogP contribution is -2.22. The molecule has 0 radical (unpaired) electrons. The minimum absolute atomic E-state index is 0.400. The number of hydrogen-bond acceptors (Lipinski definition) is 5. The standard InChI is InChI=1S/C20H23N3O3/c1-24-16-9-12(10-17(25-2)19(16)26-3)18-13-7-5-4-6-8-15(13)23-20(22)14(18)11-21/h9-10H,4-8H2,1-3H3,(H2,22,23)/p+1. The Morgan fingerprint density at radius 2 is 1.65 bits per heavy atom. The van der Waals surface area contributed by atoms with Gasteiger partial charge in [0.1, 0.15) is 17.3 Å². The summed E-state index contributed by atoms with van der Waals surface area (Å²) in [4.78, 5) is 3.25. The van der Waals surface area contributed by atoms with Crippen molar-refractivity contribution in [3.63, 3.8) is 0 Å².